The van der Waals surface area contributed by atoms with Crippen molar-refractivity contribution in [2.75, 3.05) is 6.54 Å². The van der Waals surface area contributed by atoms with Crippen LogP contribution in [0.2, 0.25) is 0 Å². The number of hydrogen-bond donors (Lipinski definition) is 2. The van der Waals surface area contributed by atoms with Gasteiger partial charge in [0.15, 0.2) is 5.82 Å². The number of nitrogens with one attached hydrogen (secondary N) is 2. The minimum atomic E-state index is -0.0105. The van der Waals surface area contributed by atoms with E-state index in [0.717, 1.165) is 40.2 Å². The molecule has 4 aromatic rings. The molecule has 0 radical (unpaired) electrons. The molecule has 0 aliphatic carbocycles. The zero-order chi connectivity index (χ0) is 17.5. The van der Waals surface area contributed by atoms with Crippen molar-refractivity contribution in [2.45, 2.75) is 13.0 Å². The molecule has 7 heteroatoms. The van der Waals surface area contributed by atoms with E-state index in [1.165, 1.54) is 0 Å². The van der Waals surface area contributed by atoms with Crippen molar-refractivity contribution in [1.82, 2.24) is 30.0 Å². The van der Waals surface area contributed by atoms with Crippen LogP contribution in [0, 0.1) is 0 Å². The van der Waals surface area contributed by atoms with Crippen LogP contribution >= 0.6 is 0 Å². The first kappa shape index (κ1) is 14.8. The molecule has 0 unspecified atom stereocenters. The average Bonchev–Trinajstić information content (AvgIpc) is 3.31. The molecule has 0 bridgehead atoms. The molecule has 1 aromatic carbocycles. The van der Waals surface area contributed by atoms with Crippen LogP contribution in [-0.4, -0.2) is 42.5 Å². The molecule has 7 nitrogen and oxygen atoms in total. The number of carbonyl (C=O) groups excluding carboxylic acids is 1. The summed E-state index contributed by atoms with van der Waals surface area (Å²) in [7, 11) is 0. The number of fused-ring (bicyclic) bond motifs is 2. The second-order valence-corrected chi connectivity index (χ2v) is 6.35. The van der Waals surface area contributed by atoms with Crippen LogP contribution in [0.3, 0.4) is 0 Å². The molecule has 0 atom stereocenters. The Hall–Kier alpha value is -3.48. The molecular formula is C19H16N6O. The fraction of sp³-hybridized carbons (Fsp3) is 0.158. The summed E-state index contributed by atoms with van der Waals surface area (Å²) >= 11 is 0. The van der Waals surface area contributed by atoms with Gasteiger partial charge in [-0.05, 0) is 30.7 Å². The quantitative estimate of drug-likeness (QED) is 0.585. The lowest BCUT2D eigenvalue weighted by Gasteiger charge is -2.26. The van der Waals surface area contributed by atoms with Gasteiger partial charge in [0.2, 0.25) is 0 Å². The molecule has 128 valence electrons. The Balaban J connectivity index is 1.45. The highest BCUT2D eigenvalue weighted by Crippen LogP contribution is 2.28. The predicted molar refractivity (Wildman–Crippen MR) is 96.4 cm³/mol. The van der Waals surface area contributed by atoms with Gasteiger partial charge >= 0.3 is 0 Å². The number of H-pyrrole nitrogens is 2. The first-order valence-corrected chi connectivity index (χ1v) is 8.50. The smallest absolute Gasteiger partial charge is 0.255 e. The summed E-state index contributed by atoms with van der Waals surface area (Å²) in [5.74, 6) is 0.749. The zero-order valence-electron chi connectivity index (χ0n) is 13.9. The van der Waals surface area contributed by atoms with E-state index in [1.807, 2.05) is 29.2 Å². The maximum Gasteiger partial charge on any atom is 0.255 e. The number of rotatable bonds is 2. The Morgan fingerprint density at radius 2 is 2.08 bits per heavy atom. The molecule has 3 aromatic heterocycles. The van der Waals surface area contributed by atoms with E-state index >= 15 is 0 Å². The highest BCUT2D eigenvalue weighted by atomic mass is 16.2. The van der Waals surface area contributed by atoms with Crippen LogP contribution in [0.15, 0.2) is 48.8 Å². The predicted octanol–water partition coefficient (Wildman–Crippen LogP) is 2.55. The number of pyridine rings is 1. The van der Waals surface area contributed by atoms with Crippen LogP contribution in [0.5, 0.6) is 0 Å². The summed E-state index contributed by atoms with van der Waals surface area (Å²) in [6, 6.07) is 11.5. The Bertz CT molecular complexity index is 1060. The highest BCUT2D eigenvalue weighted by Gasteiger charge is 2.27. The Labute approximate surface area is 149 Å². The van der Waals surface area contributed by atoms with Crippen LogP contribution in [0.1, 0.15) is 21.6 Å². The Kier molecular flexibility index (Phi) is 3.31. The third-order valence-electron chi connectivity index (χ3n) is 4.74. The number of aromatic nitrogens is 5. The van der Waals surface area contributed by atoms with E-state index < -0.39 is 0 Å². The fourth-order valence-electron chi connectivity index (χ4n) is 3.42. The minimum Gasteiger partial charge on any atom is -0.337 e. The van der Waals surface area contributed by atoms with Crippen molar-refractivity contribution < 1.29 is 4.79 Å². The number of benzene rings is 1. The largest absolute Gasteiger partial charge is 0.337 e. The topological polar surface area (TPSA) is 90.6 Å². The van der Waals surface area contributed by atoms with E-state index in [0.29, 0.717) is 18.7 Å². The number of carbonyl (C=O) groups is 1. The maximum absolute atomic E-state index is 12.6. The number of nitrogens with zero attached hydrogens (tertiary/aromatic N) is 4. The summed E-state index contributed by atoms with van der Waals surface area (Å²) in [5.41, 5.74) is 5.44. The molecule has 0 saturated carbocycles. The number of hydrogen-bond acceptors (Lipinski definition) is 4. The summed E-state index contributed by atoms with van der Waals surface area (Å²) in [6.45, 7) is 1.16. The molecule has 0 fully saturated rings. The number of aromatic amines is 2. The van der Waals surface area contributed by atoms with Crippen molar-refractivity contribution >= 4 is 16.9 Å². The molecule has 2 N–H and O–H groups in total. The molecule has 0 saturated heterocycles. The van der Waals surface area contributed by atoms with Crippen molar-refractivity contribution in [3.05, 3.63) is 65.6 Å². The van der Waals surface area contributed by atoms with Crippen molar-refractivity contribution in [3.8, 4) is 11.5 Å². The van der Waals surface area contributed by atoms with Crippen molar-refractivity contribution in [3.63, 3.8) is 0 Å². The van der Waals surface area contributed by atoms with E-state index in [2.05, 4.69) is 25.1 Å². The van der Waals surface area contributed by atoms with Gasteiger partial charge in [0.25, 0.3) is 5.91 Å². The third-order valence-corrected chi connectivity index (χ3v) is 4.74. The van der Waals surface area contributed by atoms with Gasteiger partial charge in [-0.1, -0.05) is 12.1 Å². The monoisotopic (exact) mass is 344 g/mol. The normalized spacial score (nSPS) is 13.8. The van der Waals surface area contributed by atoms with Gasteiger partial charge in [-0.3, -0.25) is 14.9 Å². The molecule has 1 aliphatic rings. The molecule has 4 heterocycles. The SMILES string of the molecule is O=C(c1cccnc1)N1CCc2c(-c3nc4ccccc4[nH]3)n[nH]c2C1. The van der Waals surface area contributed by atoms with Gasteiger partial charge in [-0.25, -0.2) is 4.98 Å². The Morgan fingerprint density at radius 1 is 1.15 bits per heavy atom. The second kappa shape index (κ2) is 5.80. The summed E-state index contributed by atoms with van der Waals surface area (Å²) in [4.78, 5) is 26.4. The average molecular weight is 344 g/mol. The molecule has 1 amide bonds. The van der Waals surface area contributed by atoms with Crippen LogP contribution in [0.25, 0.3) is 22.6 Å². The third kappa shape index (κ3) is 2.36. The number of imidazole rings is 1. The van der Waals surface area contributed by atoms with Crippen molar-refractivity contribution in [1.29, 1.82) is 0 Å². The van der Waals surface area contributed by atoms with Gasteiger partial charge < -0.3 is 9.88 Å². The lowest BCUT2D eigenvalue weighted by molar-refractivity contribution is 0.0732. The lowest BCUT2D eigenvalue weighted by atomic mass is 10.0. The molecule has 5 rings (SSSR count). The maximum atomic E-state index is 12.6. The zero-order valence-corrected chi connectivity index (χ0v) is 13.9. The fourth-order valence-corrected chi connectivity index (χ4v) is 3.42. The second-order valence-electron chi connectivity index (χ2n) is 6.35. The summed E-state index contributed by atoms with van der Waals surface area (Å²) < 4.78 is 0. The highest BCUT2D eigenvalue weighted by molar-refractivity contribution is 5.94. The van der Waals surface area contributed by atoms with Crippen LogP contribution in [0.4, 0.5) is 0 Å². The minimum absolute atomic E-state index is 0.0105. The molecular weight excluding hydrogens is 328 g/mol. The molecule has 26 heavy (non-hydrogen) atoms. The molecule has 0 spiro atoms. The van der Waals surface area contributed by atoms with E-state index in [9.17, 15) is 4.79 Å². The molecule has 1 aliphatic heterocycles. The van der Waals surface area contributed by atoms with Crippen LogP contribution in [-0.2, 0) is 13.0 Å². The number of para-hydroxylation sites is 2. The van der Waals surface area contributed by atoms with Gasteiger partial charge in [0.1, 0.15) is 5.69 Å². The standard InChI is InChI=1S/C19H16N6O/c26-19(12-4-3-8-20-10-12)25-9-7-13-16(11-25)23-24-17(13)18-21-14-5-1-2-6-15(14)22-18/h1-6,8,10H,7,9,11H2,(H,21,22)(H,23,24). The lowest BCUT2D eigenvalue weighted by Crippen LogP contribution is -2.36. The van der Waals surface area contributed by atoms with Crippen molar-refractivity contribution in [2.24, 2.45) is 0 Å². The van der Waals surface area contributed by atoms with Gasteiger partial charge in [-0.15, -0.1) is 0 Å². The van der Waals surface area contributed by atoms with E-state index in [-0.39, 0.29) is 5.91 Å². The van der Waals surface area contributed by atoms with E-state index in [1.54, 1.807) is 24.5 Å². The Morgan fingerprint density at radius 3 is 2.92 bits per heavy atom. The summed E-state index contributed by atoms with van der Waals surface area (Å²) in [6.07, 6.45) is 4.01. The number of amides is 1. The first-order chi connectivity index (χ1) is 12.8. The van der Waals surface area contributed by atoms with Crippen LogP contribution < -0.4 is 0 Å². The van der Waals surface area contributed by atoms with Gasteiger partial charge in [0.05, 0.1) is 28.8 Å². The first-order valence-electron chi connectivity index (χ1n) is 8.50. The van der Waals surface area contributed by atoms with E-state index in [4.69, 9.17) is 0 Å². The van der Waals surface area contributed by atoms with Gasteiger partial charge in [0, 0.05) is 24.5 Å². The van der Waals surface area contributed by atoms with Gasteiger partial charge in [-0.2, -0.15) is 5.10 Å². The summed E-state index contributed by atoms with van der Waals surface area (Å²) in [5, 5.41) is 7.55.